The van der Waals surface area contributed by atoms with Crippen molar-refractivity contribution in [2.45, 2.75) is 284 Å². The van der Waals surface area contributed by atoms with Crippen molar-refractivity contribution < 1.29 is 28.6 Å². The van der Waals surface area contributed by atoms with Crippen molar-refractivity contribution in [3.8, 4) is 0 Å². The molecule has 69 heavy (non-hydrogen) atoms. The summed E-state index contributed by atoms with van der Waals surface area (Å²) in [6.45, 7) is 6.35. The number of ether oxygens (including phenoxy) is 3. The van der Waals surface area contributed by atoms with Gasteiger partial charge in [0.15, 0.2) is 6.10 Å². The number of carbonyl (C=O) groups is 3. The van der Waals surface area contributed by atoms with Crippen LogP contribution in [-0.4, -0.2) is 37.2 Å². The van der Waals surface area contributed by atoms with Gasteiger partial charge in [0.05, 0.1) is 0 Å². The second-order valence-corrected chi connectivity index (χ2v) is 19.1. The summed E-state index contributed by atoms with van der Waals surface area (Å²) < 4.78 is 16.7. The van der Waals surface area contributed by atoms with Crippen LogP contribution in [0.4, 0.5) is 0 Å². The van der Waals surface area contributed by atoms with E-state index in [0.29, 0.717) is 19.3 Å². The summed E-state index contributed by atoms with van der Waals surface area (Å²) in [5.74, 6) is -0.916. The summed E-state index contributed by atoms with van der Waals surface area (Å²) in [6, 6.07) is 0. The van der Waals surface area contributed by atoms with Crippen LogP contribution in [-0.2, 0) is 28.6 Å². The van der Waals surface area contributed by atoms with E-state index >= 15 is 0 Å². The van der Waals surface area contributed by atoms with Crippen molar-refractivity contribution in [1.29, 1.82) is 0 Å². The van der Waals surface area contributed by atoms with Gasteiger partial charge in [-0.25, -0.2) is 0 Å². The highest BCUT2D eigenvalue weighted by molar-refractivity contribution is 5.71. The average molecular weight is 962 g/mol. The maximum atomic E-state index is 12.7. The minimum absolute atomic E-state index is 0.0853. The van der Waals surface area contributed by atoms with Crippen molar-refractivity contribution in [2.75, 3.05) is 13.2 Å². The number of hydrogen-bond donors (Lipinski definition) is 0. The third-order valence-electron chi connectivity index (χ3n) is 12.4. The first-order valence-electron chi connectivity index (χ1n) is 29.1. The standard InChI is InChI=1S/C63H108O6/c1-4-7-10-13-16-18-20-22-23-24-25-26-27-28-29-30-31-32-33-34-35-36-37-38-39-41-42-44-47-50-53-56-62(65)68-59-60(58-67-61(64)55-52-49-46-15-12-9-6-3)69-63(66)57-54-51-48-45-43-40-21-19-17-14-11-8-5-2/h7-8,10-11,16-19,22-23,25-26,40,43,60H,4-6,9,12-15,20-21,24,27-39,41-42,44-59H2,1-3H3/b10-7-,11-8-,18-16-,19-17-,23-22-,26-25-,43-40-. The predicted molar refractivity (Wildman–Crippen MR) is 297 cm³/mol. The molecule has 396 valence electrons. The minimum atomic E-state index is -0.786. The molecule has 0 aromatic heterocycles. The molecule has 0 bridgehead atoms. The van der Waals surface area contributed by atoms with Crippen LogP contribution in [0.2, 0.25) is 0 Å². The lowest BCUT2D eigenvalue weighted by Crippen LogP contribution is -2.30. The highest BCUT2D eigenvalue weighted by Gasteiger charge is 2.19. The molecule has 0 aromatic carbocycles. The Morgan fingerprint density at radius 1 is 0.304 bits per heavy atom. The minimum Gasteiger partial charge on any atom is -0.462 e. The molecule has 0 saturated heterocycles. The van der Waals surface area contributed by atoms with Gasteiger partial charge in [-0.1, -0.05) is 254 Å². The van der Waals surface area contributed by atoms with E-state index in [1.165, 1.54) is 128 Å². The lowest BCUT2D eigenvalue weighted by molar-refractivity contribution is -0.167. The van der Waals surface area contributed by atoms with Crippen LogP contribution >= 0.6 is 0 Å². The van der Waals surface area contributed by atoms with E-state index in [2.05, 4.69) is 106 Å². The SMILES string of the molecule is CC/C=C\C/C=C\C/C=C\C/C=C\CCCCCCCCCCCCCCCCCCCCC(=O)OCC(COC(=O)CCCCCCCCC)OC(=O)CCCCC/C=C\C/C=C\C/C=C\CC. The molecule has 0 fully saturated rings. The summed E-state index contributed by atoms with van der Waals surface area (Å²) in [7, 11) is 0. The normalized spacial score (nSPS) is 12.7. The largest absolute Gasteiger partial charge is 0.462 e. The molecule has 0 radical (unpaired) electrons. The molecule has 6 heteroatoms. The fraction of sp³-hybridized carbons (Fsp3) is 0.730. The Morgan fingerprint density at radius 2 is 0.565 bits per heavy atom. The molecule has 0 rings (SSSR count). The molecule has 0 aliphatic heterocycles. The summed E-state index contributed by atoms with van der Waals surface area (Å²) in [5, 5.41) is 0. The molecule has 0 spiro atoms. The molecule has 0 aliphatic rings. The van der Waals surface area contributed by atoms with Gasteiger partial charge in [-0.2, -0.15) is 0 Å². The predicted octanol–water partition coefficient (Wildman–Crippen LogP) is 19.5. The zero-order valence-corrected chi connectivity index (χ0v) is 45.3. The van der Waals surface area contributed by atoms with Crippen LogP contribution < -0.4 is 0 Å². The highest BCUT2D eigenvalue weighted by Crippen LogP contribution is 2.16. The number of allylic oxidation sites excluding steroid dienone is 14. The smallest absolute Gasteiger partial charge is 0.306 e. The Kier molecular flexibility index (Phi) is 54.3. The van der Waals surface area contributed by atoms with Crippen LogP contribution in [0.15, 0.2) is 85.1 Å². The van der Waals surface area contributed by atoms with Gasteiger partial charge in [-0.3, -0.25) is 14.4 Å². The van der Waals surface area contributed by atoms with E-state index in [0.717, 1.165) is 109 Å². The van der Waals surface area contributed by atoms with Crippen molar-refractivity contribution in [3.05, 3.63) is 85.1 Å². The number of rotatable bonds is 52. The van der Waals surface area contributed by atoms with Crippen molar-refractivity contribution in [2.24, 2.45) is 0 Å². The van der Waals surface area contributed by atoms with Crippen molar-refractivity contribution in [1.82, 2.24) is 0 Å². The van der Waals surface area contributed by atoms with Gasteiger partial charge in [-0.05, 0) is 89.9 Å². The summed E-state index contributed by atoms with van der Waals surface area (Å²) in [5.41, 5.74) is 0. The molecule has 0 heterocycles. The van der Waals surface area contributed by atoms with Crippen LogP contribution in [0.3, 0.4) is 0 Å². The molecule has 6 nitrogen and oxygen atoms in total. The van der Waals surface area contributed by atoms with Gasteiger partial charge in [0.2, 0.25) is 0 Å². The number of hydrogen-bond acceptors (Lipinski definition) is 6. The van der Waals surface area contributed by atoms with Crippen LogP contribution in [0, 0.1) is 0 Å². The van der Waals surface area contributed by atoms with Gasteiger partial charge in [0.25, 0.3) is 0 Å². The molecule has 0 amide bonds. The Morgan fingerprint density at radius 3 is 0.899 bits per heavy atom. The first-order valence-corrected chi connectivity index (χ1v) is 29.1. The van der Waals surface area contributed by atoms with Crippen LogP contribution in [0.1, 0.15) is 278 Å². The molecule has 1 atom stereocenters. The molecular formula is C63H108O6. The molecule has 0 N–H and O–H groups in total. The third kappa shape index (κ3) is 55.4. The summed E-state index contributed by atoms with van der Waals surface area (Å²) in [4.78, 5) is 37.9. The maximum absolute atomic E-state index is 12.7. The summed E-state index contributed by atoms with van der Waals surface area (Å²) >= 11 is 0. The Bertz CT molecular complexity index is 1330. The Hall–Kier alpha value is -3.41. The molecule has 0 aliphatic carbocycles. The van der Waals surface area contributed by atoms with E-state index in [-0.39, 0.29) is 31.1 Å². The molecular weight excluding hydrogens is 853 g/mol. The zero-order valence-electron chi connectivity index (χ0n) is 45.3. The highest BCUT2D eigenvalue weighted by atomic mass is 16.6. The molecule has 0 saturated carbocycles. The van der Waals surface area contributed by atoms with Crippen molar-refractivity contribution >= 4 is 17.9 Å². The third-order valence-corrected chi connectivity index (χ3v) is 12.4. The van der Waals surface area contributed by atoms with E-state index in [4.69, 9.17) is 14.2 Å². The molecule has 0 aromatic rings. The number of esters is 3. The van der Waals surface area contributed by atoms with Crippen LogP contribution in [0.5, 0.6) is 0 Å². The zero-order chi connectivity index (χ0) is 50.0. The van der Waals surface area contributed by atoms with E-state index in [1.54, 1.807) is 0 Å². The molecule has 1 unspecified atom stereocenters. The fourth-order valence-corrected chi connectivity index (χ4v) is 8.10. The maximum Gasteiger partial charge on any atom is 0.306 e. The van der Waals surface area contributed by atoms with Gasteiger partial charge in [-0.15, -0.1) is 0 Å². The van der Waals surface area contributed by atoms with Crippen LogP contribution in [0.25, 0.3) is 0 Å². The lowest BCUT2D eigenvalue weighted by Gasteiger charge is -2.18. The fourth-order valence-electron chi connectivity index (χ4n) is 8.10. The number of carbonyl (C=O) groups excluding carboxylic acids is 3. The van der Waals surface area contributed by atoms with Gasteiger partial charge in [0, 0.05) is 19.3 Å². The summed E-state index contributed by atoms with van der Waals surface area (Å²) in [6.07, 6.45) is 74.8. The topological polar surface area (TPSA) is 78.9 Å². The van der Waals surface area contributed by atoms with E-state index < -0.39 is 6.10 Å². The van der Waals surface area contributed by atoms with E-state index in [9.17, 15) is 14.4 Å². The second-order valence-electron chi connectivity index (χ2n) is 19.1. The van der Waals surface area contributed by atoms with Crippen molar-refractivity contribution in [3.63, 3.8) is 0 Å². The van der Waals surface area contributed by atoms with Gasteiger partial charge >= 0.3 is 17.9 Å². The first kappa shape index (κ1) is 65.6. The Labute approximate surface area is 426 Å². The van der Waals surface area contributed by atoms with Gasteiger partial charge < -0.3 is 14.2 Å². The second kappa shape index (κ2) is 57.2. The van der Waals surface area contributed by atoms with E-state index in [1.807, 2.05) is 0 Å². The average Bonchev–Trinajstić information content (AvgIpc) is 3.35. The quantitative estimate of drug-likeness (QED) is 0.0262. The first-order chi connectivity index (χ1) is 34.0. The monoisotopic (exact) mass is 961 g/mol. The number of unbranched alkanes of at least 4 members (excludes halogenated alkanes) is 27. The Balaban J connectivity index is 4.02. The van der Waals surface area contributed by atoms with Gasteiger partial charge in [0.1, 0.15) is 13.2 Å². The lowest BCUT2D eigenvalue weighted by atomic mass is 10.0.